The summed E-state index contributed by atoms with van der Waals surface area (Å²) in [6.45, 7) is 2.25. The number of rotatable bonds is 11. The van der Waals surface area contributed by atoms with E-state index < -0.39 is 18.4 Å². The zero-order chi connectivity index (χ0) is 18.9. The van der Waals surface area contributed by atoms with Gasteiger partial charge in [0.2, 0.25) is 0 Å². The molecule has 2 rings (SSSR count). The fraction of sp³-hybridized carbons (Fsp3) is 0.667. The third kappa shape index (κ3) is 5.96. The number of anilines is 1. The van der Waals surface area contributed by atoms with Crippen LogP contribution >= 0.6 is 23.2 Å². The van der Waals surface area contributed by atoms with Gasteiger partial charge in [-0.15, -0.1) is 23.2 Å². The van der Waals surface area contributed by atoms with Gasteiger partial charge in [0, 0.05) is 37.1 Å². The summed E-state index contributed by atoms with van der Waals surface area (Å²) in [5.74, 6) is 1.13. The van der Waals surface area contributed by atoms with Crippen LogP contribution in [-0.2, 0) is 16.0 Å². The smallest absolute Gasteiger partial charge is 0.161 e. The third-order valence-corrected chi connectivity index (χ3v) is 4.83. The number of aryl methyl sites for hydroxylation is 1. The van der Waals surface area contributed by atoms with E-state index in [4.69, 9.17) is 32.8 Å². The largest absolute Gasteiger partial charge is 0.388 e. The second-order valence-electron chi connectivity index (χ2n) is 6.24. The van der Waals surface area contributed by atoms with E-state index in [-0.39, 0.29) is 6.61 Å². The summed E-state index contributed by atoms with van der Waals surface area (Å²) in [6, 6.07) is 8.38. The topological polar surface area (TPSA) is 65.4 Å². The van der Waals surface area contributed by atoms with Gasteiger partial charge in [-0.3, -0.25) is 4.84 Å². The molecule has 0 amide bonds. The first-order valence-corrected chi connectivity index (χ1v) is 9.92. The highest BCUT2D eigenvalue weighted by Crippen LogP contribution is 2.20. The number of alkyl halides is 2. The first kappa shape index (κ1) is 21.7. The van der Waals surface area contributed by atoms with Crippen LogP contribution in [0.15, 0.2) is 24.3 Å². The van der Waals surface area contributed by atoms with Crippen molar-refractivity contribution in [2.75, 3.05) is 50.0 Å². The summed E-state index contributed by atoms with van der Waals surface area (Å²) in [7, 11) is 1.54. The van der Waals surface area contributed by atoms with E-state index in [0.29, 0.717) is 18.3 Å². The van der Waals surface area contributed by atoms with Crippen molar-refractivity contribution in [3.63, 3.8) is 0 Å². The molecule has 8 heteroatoms. The number of halogens is 2. The Bertz CT molecular complexity index is 514. The molecule has 0 aromatic heterocycles. The number of aliphatic hydroxyl groups excluding tert-OH is 2. The molecule has 6 nitrogen and oxygen atoms in total. The maximum atomic E-state index is 9.93. The summed E-state index contributed by atoms with van der Waals surface area (Å²) in [6.07, 6.45) is -0.741. The molecule has 1 fully saturated rings. The highest BCUT2D eigenvalue weighted by molar-refractivity contribution is 6.18. The average Bonchev–Trinajstić information content (AvgIpc) is 2.98. The fourth-order valence-electron chi connectivity index (χ4n) is 3.05. The normalized spacial score (nSPS) is 22.9. The van der Waals surface area contributed by atoms with Gasteiger partial charge >= 0.3 is 0 Å². The number of hydroxylamine groups is 2. The Morgan fingerprint density at radius 2 is 1.77 bits per heavy atom. The molecule has 0 saturated carbocycles. The van der Waals surface area contributed by atoms with Gasteiger partial charge in [-0.25, -0.2) is 0 Å². The molecule has 1 saturated heterocycles. The van der Waals surface area contributed by atoms with E-state index in [1.165, 1.54) is 12.7 Å². The number of ether oxygens (including phenoxy) is 1. The average molecular weight is 407 g/mol. The van der Waals surface area contributed by atoms with Crippen LogP contribution < -0.4 is 4.90 Å². The summed E-state index contributed by atoms with van der Waals surface area (Å²) in [5, 5.41) is 21.1. The van der Waals surface area contributed by atoms with Gasteiger partial charge < -0.3 is 19.8 Å². The summed E-state index contributed by atoms with van der Waals surface area (Å²) < 4.78 is 5.40. The van der Waals surface area contributed by atoms with Gasteiger partial charge in [0.05, 0.1) is 13.7 Å². The molecule has 3 atom stereocenters. The molecule has 148 valence electrons. The Hall–Kier alpha value is -0.600. The molecule has 2 N–H and O–H groups in total. The van der Waals surface area contributed by atoms with Crippen LogP contribution in [0.5, 0.6) is 0 Å². The van der Waals surface area contributed by atoms with Crippen LogP contribution in [0.25, 0.3) is 0 Å². The van der Waals surface area contributed by atoms with Crippen LogP contribution in [-0.4, -0.2) is 78.8 Å². The Morgan fingerprint density at radius 3 is 2.27 bits per heavy atom. The van der Waals surface area contributed by atoms with Crippen molar-refractivity contribution in [1.29, 1.82) is 0 Å². The van der Waals surface area contributed by atoms with Crippen molar-refractivity contribution >= 4 is 28.9 Å². The van der Waals surface area contributed by atoms with Crippen molar-refractivity contribution in [2.45, 2.75) is 31.3 Å². The lowest BCUT2D eigenvalue weighted by molar-refractivity contribution is -0.242. The van der Waals surface area contributed by atoms with E-state index in [2.05, 4.69) is 29.2 Å². The first-order chi connectivity index (χ1) is 12.6. The molecule has 1 aromatic rings. The minimum atomic E-state index is -0.955. The number of hydrogen-bond donors (Lipinski definition) is 2. The molecule has 1 unspecified atom stereocenters. The Kier molecular flexibility index (Phi) is 9.42. The molecule has 1 aliphatic rings. The number of hydrogen-bond acceptors (Lipinski definition) is 6. The van der Waals surface area contributed by atoms with Crippen LogP contribution in [0.1, 0.15) is 12.0 Å². The van der Waals surface area contributed by atoms with Gasteiger partial charge in [-0.1, -0.05) is 12.1 Å². The lowest BCUT2D eigenvalue weighted by atomic mass is 10.1. The maximum absolute atomic E-state index is 9.93. The maximum Gasteiger partial charge on any atom is 0.161 e. The van der Waals surface area contributed by atoms with Crippen molar-refractivity contribution < 1.29 is 19.8 Å². The summed E-state index contributed by atoms with van der Waals surface area (Å²) in [4.78, 5) is 7.47. The highest BCUT2D eigenvalue weighted by Gasteiger charge is 2.38. The van der Waals surface area contributed by atoms with Gasteiger partial charge in [0.1, 0.15) is 12.2 Å². The molecule has 1 aromatic carbocycles. The second kappa shape index (κ2) is 11.3. The highest BCUT2D eigenvalue weighted by atomic mass is 35.5. The molecule has 0 bridgehead atoms. The van der Waals surface area contributed by atoms with E-state index in [0.717, 1.165) is 31.6 Å². The van der Waals surface area contributed by atoms with E-state index >= 15 is 0 Å². The van der Waals surface area contributed by atoms with Crippen LogP contribution in [0.3, 0.4) is 0 Å². The van der Waals surface area contributed by atoms with Crippen molar-refractivity contribution in [3.8, 4) is 0 Å². The molecule has 1 heterocycles. The zero-order valence-electron chi connectivity index (χ0n) is 15.1. The monoisotopic (exact) mass is 406 g/mol. The van der Waals surface area contributed by atoms with Crippen molar-refractivity contribution in [3.05, 3.63) is 29.8 Å². The quantitative estimate of drug-likeness (QED) is 0.431. The number of benzene rings is 1. The molecular formula is C18H28Cl2N2O4. The minimum absolute atomic E-state index is 0.119. The Balaban J connectivity index is 1.83. The van der Waals surface area contributed by atoms with Crippen LogP contribution in [0.2, 0.25) is 0 Å². The molecule has 0 radical (unpaired) electrons. The van der Waals surface area contributed by atoms with E-state index in [1.54, 1.807) is 5.06 Å². The van der Waals surface area contributed by atoms with Crippen molar-refractivity contribution in [1.82, 2.24) is 5.06 Å². The predicted molar refractivity (Wildman–Crippen MR) is 104 cm³/mol. The first-order valence-electron chi connectivity index (χ1n) is 8.85. The molecule has 1 aliphatic heterocycles. The second-order valence-corrected chi connectivity index (χ2v) is 7.00. The third-order valence-electron chi connectivity index (χ3n) is 4.50. The van der Waals surface area contributed by atoms with Gasteiger partial charge in [0.15, 0.2) is 6.23 Å². The molecule has 0 aliphatic carbocycles. The van der Waals surface area contributed by atoms with Gasteiger partial charge in [-0.2, -0.15) is 5.06 Å². The summed E-state index contributed by atoms with van der Waals surface area (Å²) in [5.41, 5.74) is 2.33. The van der Waals surface area contributed by atoms with Crippen LogP contribution in [0, 0.1) is 0 Å². The Morgan fingerprint density at radius 1 is 1.12 bits per heavy atom. The summed E-state index contributed by atoms with van der Waals surface area (Å²) >= 11 is 11.7. The predicted octanol–water partition coefficient (Wildman–Crippen LogP) is 1.84. The van der Waals surface area contributed by atoms with Gasteiger partial charge in [-0.05, 0) is 30.5 Å². The molecule has 0 spiro atoms. The van der Waals surface area contributed by atoms with E-state index in [1.807, 2.05) is 0 Å². The standard InChI is InChI=1S/C18H28Cl2N2O4/c1-25-22(18-17(24)16(23)13-26-18)10-2-3-14-4-6-15(7-5-14)21(11-8-19)12-9-20/h4-7,16-18,23-24H,2-3,8-13H2,1H3/t16-,17+,18?/m0/s1. The molecular weight excluding hydrogens is 379 g/mol. The van der Waals surface area contributed by atoms with Gasteiger partial charge in [0.25, 0.3) is 0 Å². The lowest BCUT2D eigenvalue weighted by Gasteiger charge is -2.27. The number of aliphatic hydroxyl groups is 2. The fourth-order valence-corrected chi connectivity index (χ4v) is 3.45. The van der Waals surface area contributed by atoms with Crippen molar-refractivity contribution in [2.24, 2.45) is 0 Å². The number of nitrogens with zero attached hydrogens (tertiary/aromatic N) is 2. The SMILES string of the molecule is CON(CCCc1ccc(N(CCCl)CCCl)cc1)C1OC[C@H](O)[C@H]1O. The van der Waals surface area contributed by atoms with Crippen LogP contribution in [0.4, 0.5) is 5.69 Å². The van der Waals surface area contributed by atoms with E-state index in [9.17, 15) is 10.2 Å². The zero-order valence-corrected chi connectivity index (χ0v) is 16.6. The lowest BCUT2D eigenvalue weighted by Crippen LogP contribution is -2.44. The molecule has 26 heavy (non-hydrogen) atoms. The minimum Gasteiger partial charge on any atom is -0.388 e. The Labute approximate surface area is 165 Å².